The molecule has 1 fully saturated rings. The molecule has 32 heavy (non-hydrogen) atoms. The lowest BCUT2D eigenvalue weighted by Gasteiger charge is -2.51. The van der Waals surface area contributed by atoms with E-state index in [-0.39, 0.29) is 23.8 Å². The van der Waals surface area contributed by atoms with Gasteiger partial charge in [-0.2, -0.15) is 0 Å². The lowest BCUT2D eigenvalue weighted by Crippen LogP contribution is -2.61. The fourth-order valence-electron chi connectivity index (χ4n) is 4.23. The van der Waals surface area contributed by atoms with Gasteiger partial charge in [0.25, 0.3) is 0 Å². The van der Waals surface area contributed by atoms with Gasteiger partial charge in [-0.3, -0.25) is 4.79 Å². The Labute approximate surface area is 202 Å². The Hall–Kier alpha value is -1.50. The molecule has 2 rings (SSSR count). The topological polar surface area (TPSA) is 81.7 Å². The third-order valence-corrected chi connectivity index (χ3v) is 6.99. The van der Waals surface area contributed by atoms with Crippen LogP contribution in [-0.4, -0.2) is 53.5 Å². The molecule has 0 saturated carbocycles. The minimum absolute atomic E-state index is 0.0753. The van der Waals surface area contributed by atoms with Crippen LogP contribution >= 0.6 is 23.2 Å². The average Bonchev–Trinajstić information content (AvgIpc) is 2.72. The van der Waals surface area contributed by atoms with Gasteiger partial charge in [-0.25, -0.2) is 4.79 Å². The van der Waals surface area contributed by atoms with Crippen molar-refractivity contribution in [1.29, 1.82) is 0 Å². The van der Waals surface area contributed by atoms with E-state index in [1.54, 1.807) is 17.0 Å². The second-order valence-electron chi connectivity index (χ2n) is 9.92. The summed E-state index contributed by atoms with van der Waals surface area (Å²) in [6.07, 6.45) is 1.22. The van der Waals surface area contributed by atoms with Crippen molar-refractivity contribution in [2.75, 3.05) is 25.5 Å². The summed E-state index contributed by atoms with van der Waals surface area (Å²) in [5, 5.41) is 17.8. The van der Waals surface area contributed by atoms with Gasteiger partial charge >= 0.3 is 6.03 Å². The zero-order chi connectivity index (χ0) is 24.1. The smallest absolute Gasteiger partial charge is 0.315 e. The molecule has 1 aliphatic rings. The van der Waals surface area contributed by atoms with Gasteiger partial charge < -0.3 is 20.6 Å². The van der Waals surface area contributed by atoms with E-state index in [0.29, 0.717) is 37.0 Å². The highest BCUT2D eigenvalue weighted by atomic mass is 35.5. The van der Waals surface area contributed by atoms with E-state index in [1.165, 1.54) is 0 Å². The molecule has 0 aliphatic carbocycles. The van der Waals surface area contributed by atoms with Gasteiger partial charge in [0, 0.05) is 36.0 Å². The van der Waals surface area contributed by atoms with E-state index in [4.69, 9.17) is 23.2 Å². The highest BCUT2D eigenvalue weighted by molar-refractivity contribution is 6.30. The molecule has 1 saturated heterocycles. The molecule has 3 atom stereocenters. The lowest BCUT2D eigenvalue weighted by molar-refractivity contribution is -0.155. The fraction of sp³-hybridized carbons (Fsp3) is 0.667. The lowest BCUT2D eigenvalue weighted by atomic mass is 9.66. The van der Waals surface area contributed by atoms with Gasteiger partial charge in [-0.1, -0.05) is 58.4 Å². The number of amides is 3. The molecule has 3 amide bonds. The van der Waals surface area contributed by atoms with Crippen molar-refractivity contribution >= 4 is 35.1 Å². The van der Waals surface area contributed by atoms with Crippen molar-refractivity contribution in [1.82, 2.24) is 15.5 Å². The zero-order valence-electron chi connectivity index (χ0n) is 19.8. The normalized spacial score (nSPS) is 22.3. The maximum absolute atomic E-state index is 13.4. The van der Waals surface area contributed by atoms with Crippen LogP contribution in [0.15, 0.2) is 24.3 Å². The standard InChI is InChI=1S/C24H37Cl2N3O3/c1-16(2)20(28-22(31)27-14-17(3)10-12-25)21(30)29-13-11-24(32,23(4,5)15-29)18-6-8-19(26)9-7-18/h6-9,16-17,20,32H,10-15H2,1-5H3,(H2,27,28,31)/t17?,20-,24+/m1/s1. The van der Waals surface area contributed by atoms with Crippen molar-refractivity contribution < 1.29 is 14.7 Å². The average molecular weight is 486 g/mol. The molecule has 6 nitrogen and oxygen atoms in total. The molecule has 1 heterocycles. The summed E-state index contributed by atoms with van der Waals surface area (Å²) in [6.45, 7) is 11.1. The van der Waals surface area contributed by atoms with Crippen LogP contribution in [0.3, 0.4) is 0 Å². The summed E-state index contributed by atoms with van der Waals surface area (Å²) < 4.78 is 0. The first-order valence-corrected chi connectivity index (χ1v) is 12.2. The molecule has 3 N–H and O–H groups in total. The van der Waals surface area contributed by atoms with E-state index in [2.05, 4.69) is 10.6 Å². The van der Waals surface area contributed by atoms with Crippen LogP contribution in [0.1, 0.15) is 53.0 Å². The molecule has 8 heteroatoms. The minimum atomic E-state index is -1.08. The van der Waals surface area contributed by atoms with E-state index >= 15 is 0 Å². The zero-order valence-corrected chi connectivity index (χ0v) is 21.3. The van der Waals surface area contributed by atoms with Gasteiger partial charge in [0.2, 0.25) is 5.91 Å². The van der Waals surface area contributed by atoms with Crippen LogP contribution in [0.4, 0.5) is 4.79 Å². The molecular weight excluding hydrogens is 449 g/mol. The number of carbonyl (C=O) groups is 2. The second kappa shape index (κ2) is 11.1. The Morgan fingerprint density at radius 2 is 1.81 bits per heavy atom. The van der Waals surface area contributed by atoms with Gasteiger partial charge in [0.15, 0.2) is 0 Å². The van der Waals surface area contributed by atoms with Crippen LogP contribution in [0.5, 0.6) is 0 Å². The van der Waals surface area contributed by atoms with E-state index in [9.17, 15) is 14.7 Å². The van der Waals surface area contributed by atoms with Crippen LogP contribution in [0.25, 0.3) is 0 Å². The number of hydrogen-bond acceptors (Lipinski definition) is 3. The van der Waals surface area contributed by atoms with E-state index in [0.717, 1.165) is 12.0 Å². The van der Waals surface area contributed by atoms with Crippen LogP contribution in [-0.2, 0) is 10.4 Å². The number of rotatable bonds is 8. The summed E-state index contributed by atoms with van der Waals surface area (Å²) in [7, 11) is 0. The highest BCUT2D eigenvalue weighted by Gasteiger charge is 2.50. The molecule has 1 aliphatic heterocycles. The number of piperidine rings is 1. The number of hydrogen-bond donors (Lipinski definition) is 3. The number of alkyl halides is 1. The summed E-state index contributed by atoms with van der Waals surface area (Å²) in [5.41, 5.74) is -0.872. The highest BCUT2D eigenvalue weighted by Crippen LogP contribution is 2.46. The van der Waals surface area contributed by atoms with Gasteiger partial charge in [-0.05, 0) is 42.4 Å². The molecular formula is C24H37Cl2N3O3. The maximum atomic E-state index is 13.4. The van der Waals surface area contributed by atoms with Gasteiger partial charge in [0.05, 0.1) is 5.60 Å². The molecule has 1 aromatic rings. The number of carbonyl (C=O) groups excluding carboxylic acids is 2. The first-order valence-electron chi connectivity index (χ1n) is 11.3. The van der Waals surface area contributed by atoms with E-state index < -0.39 is 17.1 Å². The van der Waals surface area contributed by atoms with Gasteiger partial charge in [-0.15, -0.1) is 11.6 Å². The first kappa shape index (κ1) is 26.7. The van der Waals surface area contributed by atoms with Gasteiger partial charge in [0.1, 0.15) is 6.04 Å². The second-order valence-corrected chi connectivity index (χ2v) is 10.7. The van der Waals surface area contributed by atoms with Crippen LogP contribution in [0.2, 0.25) is 5.02 Å². The third-order valence-electron chi connectivity index (χ3n) is 6.52. The summed E-state index contributed by atoms with van der Waals surface area (Å²) in [6, 6.07) is 6.23. The number of likely N-dealkylation sites (tertiary alicyclic amines) is 1. The summed E-state index contributed by atoms with van der Waals surface area (Å²) in [4.78, 5) is 27.5. The Kier molecular flexibility index (Phi) is 9.26. The van der Waals surface area contributed by atoms with Crippen molar-refractivity contribution in [3.05, 3.63) is 34.9 Å². The largest absolute Gasteiger partial charge is 0.384 e. The van der Waals surface area contributed by atoms with Crippen LogP contribution in [0, 0.1) is 17.3 Å². The molecule has 0 radical (unpaired) electrons. The number of aliphatic hydroxyl groups is 1. The number of benzene rings is 1. The number of nitrogens with one attached hydrogen (secondary N) is 2. The Balaban J connectivity index is 2.07. The van der Waals surface area contributed by atoms with E-state index in [1.807, 2.05) is 46.8 Å². The third kappa shape index (κ3) is 6.30. The number of urea groups is 1. The molecule has 0 aromatic heterocycles. The minimum Gasteiger partial charge on any atom is -0.384 e. The summed E-state index contributed by atoms with van der Waals surface area (Å²) >= 11 is 11.8. The number of halogens is 2. The fourth-order valence-corrected chi connectivity index (χ4v) is 4.73. The molecule has 0 spiro atoms. The predicted molar refractivity (Wildman–Crippen MR) is 130 cm³/mol. The Morgan fingerprint density at radius 3 is 2.34 bits per heavy atom. The summed E-state index contributed by atoms with van der Waals surface area (Å²) in [5.74, 6) is 0.605. The van der Waals surface area contributed by atoms with Crippen LogP contribution < -0.4 is 10.6 Å². The number of nitrogens with zero attached hydrogens (tertiary/aromatic N) is 1. The first-order chi connectivity index (χ1) is 14.9. The monoisotopic (exact) mass is 485 g/mol. The quantitative estimate of drug-likeness (QED) is 0.477. The predicted octanol–water partition coefficient (Wildman–Crippen LogP) is 4.37. The van der Waals surface area contributed by atoms with Crippen molar-refractivity contribution in [2.24, 2.45) is 17.3 Å². The molecule has 1 aromatic carbocycles. The molecule has 1 unspecified atom stereocenters. The molecule has 0 bridgehead atoms. The maximum Gasteiger partial charge on any atom is 0.315 e. The van der Waals surface area contributed by atoms with Crippen molar-refractivity contribution in [3.63, 3.8) is 0 Å². The Morgan fingerprint density at radius 1 is 1.19 bits per heavy atom. The van der Waals surface area contributed by atoms with Crippen molar-refractivity contribution in [2.45, 2.75) is 59.1 Å². The molecule has 180 valence electrons. The SMILES string of the molecule is CC(CCCl)CNC(=O)N[C@@H](C(=O)N1CC[C@](O)(c2ccc(Cl)cc2)C(C)(C)C1)C(C)C. The van der Waals surface area contributed by atoms with Crippen molar-refractivity contribution in [3.8, 4) is 0 Å². The Bertz CT molecular complexity index is 785.